The standard InChI is InChI=1S/C21H20FN3O4/c1-3-23-21(28)25-17-10-16(20(27)29-2)19(26)18-15(17)9-13(11-24-18)8-12-4-6-14(22)7-5-12/h4-7,9-11,26H,3,8H2,1-2H3,(H2,23,25,28). The van der Waals surface area contributed by atoms with Gasteiger partial charge in [-0.3, -0.25) is 4.98 Å². The molecular weight excluding hydrogens is 377 g/mol. The zero-order chi connectivity index (χ0) is 21.0. The number of carbonyl (C=O) groups is 2. The van der Waals surface area contributed by atoms with E-state index >= 15 is 0 Å². The molecule has 3 rings (SSSR count). The van der Waals surface area contributed by atoms with Crippen LogP contribution in [0.15, 0.2) is 42.6 Å². The molecule has 1 aromatic heterocycles. The molecule has 3 N–H and O–H groups in total. The monoisotopic (exact) mass is 397 g/mol. The van der Waals surface area contributed by atoms with Crippen LogP contribution in [0, 0.1) is 5.82 Å². The first-order valence-electron chi connectivity index (χ1n) is 8.95. The molecule has 8 heteroatoms. The van der Waals surface area contributed by atoms with Crippen LogP contribution in [-0.4, -0.2) is 35.7 Å². The van der Waals surface area contributed by atoms with Crippen molar-refractivity contribution >= 4 is 28.6 Å². The van der Waals surface area contributed by atoms with Crippen molar-refractivity contribution in [2.75, 3.05) is 19.0 Å². The maximum absolute atomic E-state index is 13.1. The number of halogens is 1. The molecule has 0 fully saturated rings. The molecule has 2 amide bonds. The van der Waals surface area contributed by atoms with Gasteiger partial charge in [-0.2, -0.15) is 0 Å². The lowest BCUT2D eigenvalue weighted by Crippen LogP contribution is -2.28. The maximum Gasteiger partial charge on any atom is 0.341 e. The van der Waals surface area contributed by atoms with E-state index in [0.29, 0.717) is 24.0 Å². The number of hydrogen-bond donors (Lipinski definition) is 3. The third-order valence-corrected chi connectivity index (χ3v) is 4.31. The summed E-state index contributed by atoms with van der Waals surface area (Å²) in [5.41, 5.74) is 2.01. The van der Waals surface area contributed by atoms with Crippen LogP contribution < -0.4 is 10.6 Å². The van der Waals surface area contributed by atoms with E-state index in [1.165, 1.54) is 25.3 Å². The zero-order valence-corrected chi connectivity index (χ0v) is 16.0. The summed E-state index contributed by atoms with van der Waals surface area (Å²) in [7, 11) is 1.20. The van der Waals surface area contributed by atoms with Crippen LogP contribution in [0.4, 0.5) is 14.9 Å². The fourth-order valence-electron chi connectivity index (χ4n) is 2.95. The fourth-order valence-corrected chi connectivity index (χ4v) is 2.95. The van der Waals surface area contributed by atoms with Crippen molar-refractivity contribution in [2.24, 2.45) is 0 Å². The van der Waals surface area contributed by atoms with Crippen LogP contribution >= 0.6 is 0 Å². The Bertz CT molecular complexity index is 1070. The van der Waals surface area contributed by atoms with Crippen molar-refractivity contribution in [2.45, 2.75) is 13.3 Å². The lowest BCUT2D eigenvalue weighted by atomic mass is 10.0. The number of hydrogen-bond acceptors (Lipinski definition) is 5. The third kappa shape index (κ3) is 4.43. The first kappa shape index (κ1) is 20.1. The number of amides is 2. The van der Waals surface area contributed by atoms with Crippen LogP contribution in [0.25, 0.3) is 10.9 Å². The summed E-state index contributed by atoms with van der Waals surface area (Å²) < 4.78 is 17.8. The number of methoxy groups -OCH3 is 1. The zero-order valence-electron chi connectivity index (χ0n) is 16.0. The highest BCUT2D eigenvalue weighted by atomic mass is 19.1. The number of nitrogens with one attached hydrogen (secondary N) is 2. The van der Waals surface area contributed by atoms with E-state index in [1.807, 2.05) is 0 Å². The first-order chi connectivity index (χ1) is 13.9. The molecule has 0 aliphatic heterocycles. The van der Waals surface area contributed by atoms with Gasteiger partial charge >= 0.3 is 12.0 Å². The number of phenols is 1. The van der Waals surface area contributed by atoms with E-state index < -0.39 is 12.0 Å². The molecule has 0 aliphatic rings. The average molecular weight is 397 g/mol. The van der Waals surface area contributed by atoms with Crippen molar-refractivity contribution in [3.63, 3.8) is 0 Å². The normalized spacial score (nSPS) is 10.6. The smallest absolute Gasteiger partial charge is 0.341 e. The van der Waals surface area contributed by atoms with E-state index in [1.54, 1.807) is 31.3 Å². The number of aromatic nitrogens is 1. The summed E-state index contributed by atoms with van der Waals surface area (Å²) in [4.78, 5) is 28.3. The summed E-state index contributed by atoms with van der Waals surface area (Å²) >= 11 is 0. The van der Waals surface area contributed by atoms with E-state index in [4.69, 9.17) is 4.74 Å². The fraction of sp³-hybridized carbons (Fsp3) is 0.190. The molecule has 3 aromatic rings. The van der Waals surface area contributed by atoms with Crippen LogP contribution in [0.5, 0.6) is 5.75 Å². The number of phenolic OH excluding ortho intramolecular Hbond substituents is 1. The predicted octanol–water partition coefficient (Wildman–Crippen LogP) is 3.60. The molecule has 1 heterocycles. The van der Waals surface area contributed by atoms with Gasteiger partial charge in [-0.1, -0.05) is 12.1 Å². The van der Waals surface area contributed by atoms with Gasteiger partial charge in [-0.15, -0.1) is 0 Å². The van der Waals surface area contributed by atoms with Gasteiger partial charge in [0, 0.05) is 18.1 Å². The first-order valence-corrected chi connectivity index (χ1v) is 8.95. The molecule has 0 spiro atoms. The van der Waals surface area contributed by atoms with Gasteiger partial charge in [0.15, 0.2) is 5.75 Å². The number of aromatic hydroxyl groups is 1. The number of urea groups is 1. The van der Waals surface area contributed by atoms with Gasteiger partial charge in [-0.25, -0.2) is 14.0 Å². The molecule has 0 bridgehead atoms. The van der Waals surface area contributed by atoms with Gasteiger partial charge in [-0.05, 0) is 48.7 Å². The maximum atomic E-state index is 13.1. The molecule has 0 unspecified atom stereocenters. The summed E-state index contributed by atoms with van der Waals surface area (Å²) in [6, 6.07) is 8.74. The van der Waals surface area contributed by atoms with Crippen molar-refractivity contribution in [3.8, 4) is 5.75 Å². The molecule has 0 saturated carbocycles. The summed E-state index contributed by atoms with van der Waals surface area (Å²) in [5, 5.41) is 16.2. The number of benzene rings is 2. The van der Waals surface area contributed by atoms with Gasteiger partial charge in [0.05, 0.1) is 12.8 Å². The number of pyridine rings is 1. The summed E-state index contributed by atoms with van der Waals surface area (Å²) in [6.45, 7) is 2.19. The van der Waals surface area contributed by atoms with Crippen molar-refractivity contribution in [3.05, 3.63) is 65.1 Å². The quantitative estimate of drug-likeness (QED) is 0.451. The lowest BCUT2D eigenvalue weighted by Gasteiger charge is -2.14. The van der Waals surface area contributed by atoms with Crippen molar-refractivity contribution in [1.29, 1.82) is 0 Å². The minimum Gasteiger partial charge on any atom is -0.505 e. The second-order valence-corrected chi connectivity index (χ2v) is 6.34. The number of fused-ring (bicyclic) bond motifs is 1. The summed E-state index contributed by atoms with van der Waals surface area (Å²) in [5.74, 6) is -1.40. The van der Waals surface area contributed by atoms with E-state index in [9.17, 15) is 19.1 Å². The number of ether oxygens (including phenoxy) is 1. The Kier molecular flexibility index (Phi) is 5.92. The van der Waals surface area contributed by atoms with E-state index in [2.05, 4.69) is 15.6 Å². The Morgan fingerprint density at radius 1 is 1.17 bits per heavy atom. The number of nitrogens with zero attached hydrogens (tertiary/aromatic N) is 1. The number of esters is 1. The lowest BCUT2D eigenvalue weighted by molar-refractivity contribution is 0.0597. The molecule has 150 valence electrons. The van der Waals surface area contributed by atoms with Crippen LogP contribution in [0.3, 0.4) is 0 Å². The van der Waals surface area contributed by atoms with Gasteiger partial charge < -0.3 is 20.5 Å². The SMILES string of the molecule is CCNC(=O)Nc1cc(C(=O)OC)c(O)c2ncc(Cc3ccc(F)cc3)cc12. The van der Waals surface area contributed by atoms with Crippen LogP contribution in [0.1, 0.15) is 28.4 Å². The average Bonchev–Trinajstić information content (AvgIpc) is 2.71. The Labute approximate surface area is 166 Å². The number of rotatable bonds is 5. The highest BCUT2D eigenvalue weighted by Crippen LogP contribution is 2.34. The minimum atomic E-state index is -0.750. The molecule has 0 radical (unpaired) electrons. The molecule has 2 aromatic carbocycles. The highest BCUT2D eigenvalue weighted by Gasteiger charge is 2.20. The Hall–Kier alpha value is -3.68. The number of anilines is 1. The topological polar surface area (TPSA) is 101 Å². The molecule has 7 nitrogen and oxygen atoms in total. The van der Waals surface area contributed by atoms with E-state index in [0.717, 1.165) is 11.1 Å². The van der Waals surface area contributed by atoms with Gasteiger partial charge in [0.1, 0.15) is 16.9 Å². The van der Waals surface area contributed by atoms with Crippen LogP contribution in [-0.2, 0) is 11.2 Å². The second kappa shape index (κ2) is 8.55. The molecule has 0 aliphatic carbocycles. The van der Waals surface area contributed by atoms with Gasteiger partial charge in [0.25, 0.3) is 0 Å². The van der Waals surface area contributed by atoms with Crippen LogP contribution in [0.2, 0.25) is 0 Å². The van der Waals surface area contributed by atoms with Gasteiger partial charge in [0.2, 0.25) is 0 Å². The third-order valence-electron chi connectivity index (χ3n) is 4.31. The predicted molar refractivity (Wildman–Crippen MR) is 107 cm³/mol. The molecule has 0 atom stereocenters. The second-order valence-electron chi connectivity index (χ2n) is 6.34. The molecular formula is C21H20FN3O4. The Balaban J connectivity index is 2.09. The largest absolute Gasteiger partial charge is 0.505 e. The molecule has 0 saturated heterocycles. The van der Waals surface area contributed by atoms with Crippen molar-refractivity contribution < 1.29 is 23.8 Å². The molecule has 29 heavy (non-hydrogen) atoms. The Morgan fingerprint density at radius 2 is 1.90 bits per heavy atom. The Morgan fingerprint density at radius 3 is 2.55 bits per heavy atom. The van der Waals surface area contributed by atoms with Crippen molar-refractivity contribution in [1.82, 2.24) is 10.3 Å². The van der Waals surface area contributed by atoms with E-state index in [-0.39, 0.29) is 22.6 Å². The minimum absolute atomic E-state index is 0.106. The number of carbonyl (C=O) groups excluding carboxylic acids is 2. The summed E-state index contributed by atoms with van der Waals surface area (Å²) in [6.07, 6.45) is 2.03. The highest BCUT2D eigenvalue weighted by molar-refractivity contribution is 6.08.